The summed E-state index contributed by atoms with van der Waals surface area (Å²) in [5.74, 6) is -0.819. The molecule has 4 rings (SSSR count). The van der Waals surface area contributed by atoms with Crippen LogP contribution in [0.15, 0.2) is 41.3 Å². The smallest absolute Gasteiger partial charge is 0.257 e. The van der Waals surface area contributed by atoms with E-state index in [1.165, 1.54) is 22.5 Å². The lowest BCUT2D eigenvalue weighted by Gasteiger charge is -2.32. The topological polar surface area (TPSA) is 79.4 Å². The van der Waals surface area contributed by atoms with Crippen molar-refractivity contribution in [1.29, 1.82) is 0 Å². The molecule has 0 spiro atoms. The van der Waals surface area contributed by atoms with Crippen LogP contribution in [0, 0.1) is 12.7 Å². The Morgan fingerprint density at radius 3 is 2.80 bits per heavy atom. The number of hydrogen-bond acceptors (Lipinski definition) is 5. The summed E-state index contributed by atoms with van der Waals surface area (Å²) in [4.78, 5) is 17.3. The molecule has 2 heterocycles. The molecule has 1 saturated heterocycles. The van der Waals surface area contributed by atoms with Gasteiger partial charge in [-0.2, -0.15) is 4.31 Å². The van der Waals surface area contributed by atoms with Crippen molar-refractivity contribution in [2.45, 2.75) is 44.0 Å². The van der Waals surface area contributed by atoms with E-state index in [-0.39, 0.29) is 22.3 Å². The van der Waals surface area contributed by atoms with Gasteiger partial charge in [0.25, 0.3) is 5.91 Å². The molecular weight excluding hydrogens is 425 g/mol. The fourth-order valence-corrected chi connectivity index (χ4v) is 6.30. The molecule has 1 aromatic heterocycles. The van der Waals surface area contributed by atoms with Crippen molar-refractivity contribution in [2.24, 2.45) is 0 Å². The Morgan fingerprint density at radius 1 is 1.23 bits per heavy atom. The van der Waals surface area contributed by atoms with E-state index in [2.05, 4.69) is 10.3 Å². The molecule has 2 aromatic carbocycles. The van der Waals surface area contributed by atoms with Gasteiger partial charge in [0.2, 0.25) is 10.0 Å². The summed E-state index contributed by atoms with van der Waals surface area (Å²) in [5.41, 5.74) is 1.51. The lowest BCUT2D eigenvalue weighted by molar-refractivity contribution is 0.102. The van der Waals surface area contributed by atoms with Gasteiger partial charge < -0.3 is 0 Å². The third-order valence-electron chi connectivity index (χ3n) is 5.37. The highest BCUT2D eigenvalue weighted by Crippen LogP contribution is 2.29. The normalized spacial score (nSPS) is 17.9. The molecule has 158 valence electrons. The van der Waals surface area contributed by atoms with Crippen LogP contribution in [0.5, 0.6) is 0 Å². The molecule has 3 aromatic rings. The standard InChI is InChI=1S/C21H22FN3O3S2/c1-13-6-8-16(30(27,28)25-10-4-3-5-14(25)2)12-17(13)20(26)24-21-23-18-9-7-15(22)11-19(18)29-21/h6-9,11-12,14H,3-5,10H2,1-2H3,(H,23,24,26)/t14-/m0/s1. The summed E-state index contributed by atoms with van der Waals surface area (Å²) in [6.07, 6.45) is 2.68. The Balaban J connectivity index is 1.62. The summed E-state index contributed by atoms with van der Waals surface area (Å²) >= 11 is 1.16. The second-order valence-corrected chi connectivity index (χ2v) is 10.4. The van der Waals surface area contributed by atoms with E-state index >= 15 is 0 Å². The number of carbonyl (C=O) groups excluding carboxylic acids is 1. The van der Waals surface area contributed by atoms with Crippen LogP contribution in [-0.4, -0.2) is 36.2 Å². The van der Waals surface area contributed by atoms with Crippen LogP contribution in [0.3, 0.4) is 0 Å². The van der Waals surface area contributed by atoms with E-state index in [0.717, 1.165) is 30.6 Å². The van der Waals surface area contributed by atoms with Gasteiger partial charge in [-0.25, -0.2) is 17.8 Å². The Labute approximate surface area is 178 Å². The van der Waals surface area contributed by atoms with Gasteiger partial charge in [-0.05, 0) is 62.6 Å². The number of aromatic nitrogens is 1. The number of thiazole rings is 1. The van der Waals surface area contributed by atoms with Gasteiger partial charge in [-0.3, -0.25) is 10.1 Å². The molecule has 0 aliphatic carbocycles. The van der Waals surface area contributed by atoms with Crippen molar-refractivity contribution in [3.63, 3.8) is 0 Å². The van der Waals surface area contributed by atoms with Gasteiger partial charge in [-0.15, -0.1) is 0 Å². The van der Waals surface area contributed by atoms with Crippen molar-refractivity contribution in [3.8, 4) is 0 Å². The van der Waals surface area contributed by atoms with E-state index in [1.807, 2.05) is 6.92 Å². The number of aryl methyl sites for hydroxylation is 1. The lowest BCUT2D eigenvalue weighted by Crippen LogP contribution is -2.42. The SMILES string of the molecule is Cc1ccc(S(=O)(=O)N2CCCC[C@@H]2C)cc1C(=O)Nc1nc2ccc(F)cc2s1. The second-order valence-electron chi connectivity index (χ2n) is 7.52. The average molecular weight is 448 g/mol. The minimum atomic E-state index is -3.68. The van der Waals surface area contributed by atoms with Crippen molar-refractivity contribution >= 4 is 42.6 Å². The number of nitrogens with one attached hydrogen (secondary N) is 1. The molecule has 0 unspecified atom stereocenters. The first kappa shape index (κ1) is 20.9. The predicted octanol–water partition coefficient (Wildman–Crippen LogP) is 4.56. The number of benzene rings is 2. The molecule has 6 nitrogen and oxygen atoms in total. The Bertz CT molecular complexity index is 1220. The first-order valence-corrected chi connectivity index (χ1v) is 12.0. The number of rotatable bonds is 4. The monoisotopic (exact) mass is 447 g/mol. The number of anilines is 1. The molecule has 1 aliphatic heterocycles. The fraction of sp³-hybridized carbons (Fsp3) is 0.333. The second kappa shape index (κ2) is 8.05. The molecule has 1 fully saturated rings. The van der Waals surface area contributed by atoms with E-state index < -0.39 is 15.9 Å². The third kappa shape index (κ3) is 3.97. The first-order chi connectivity index (χ1) is 14.3. The highest BCUT2D eigenvalue weighted by atomic mass is 32.2. The third-order valence-corrected chi connectivity index (χ3v) is 8.32. The molecular formula is C21H22FN3O3S2. The largest absolute Gasteiger partial charge is 0.298 e. The number of nitrogens with zero attached hydrogens (tertiary/aromatic N) is 2. The molecule has 1 atom stereocenters. The van der Waals surface area contributed by atoms with Gasteiger partial charge in [0.1, 0.15) is 5.82 Å². The molecule has 0 saturated carbocycles. The fourth-order valence-electron chi connectivity index (χ4n) is 3.69. The van der Waals surface area contributed by atoms with Crippen molar-refractivity contribution in [3.05, 3.63) is 53.3 Å². The van der Waals surface area contributed by atoms with Gasteiger partial charge in [-0.1, -0.05) is 23.8 Å². The molecule has 0 bridgehead atoms. The van der Waals surface area contributed by atoms with E-state index in [4.69, 9.17) is 0 Å². The van der Waals surface area contributed by atoms with E-state index in [9.17, 15) is 17.6 Å². The van der Waals surface area contributed by atoms with Crippen LogP contribution in [-0.2, 0) is 10.0 Å². The predicted molar refractivity (Wildman–Crippen MR) is 116 cm³/mol. The van der Waals surface area contributed by atoms with Gasteiger partial charge >= 0.3 is 0 Å². The summed E-state index contributed by atoms with van der Waals surface area (Å²) in [6, 6.07) is 8.77. The molecule has 9 heteroatoms. The summed E-state index contributed by atoms with van der Waals surface area (Å²) in [5, 5.41) is 3.04. The Morgan fingerprint density at radius 2 is 2.03 bits per heavy atom. The number of hydrogen-bond donors (Lipinski definition) is 1. The zero-order valence-corrected chi connectivity index (χ0v) is 18.3. The number of piperidine rings is 1. The minimum Gasteiger partial charge on any atom is -0.298 e. The van der Waals surface area contributed by atoms with Crippen molar-refractivity contribution in [1.82, 2.24) is 9.29 Å². The van der Waals surface area contributed by atoms with E-state index in [0.29, 0.717) is 27.5 Å². The molecule has 0 radical (unpaired) electrons. The maximum absolute atomic E-state index is 13.4. The number of sulfonamides is 1. The average Bonchev–Trinajstić information content (AvgIpc) is 3.09. The molecule has 1 N–H and O–H groups in total. The Kier molecular flexibility index (Phi) is 5.61. The van der Waals surface area contributed by atoms with Crippen LogP contribution in [0.4, 0.5) is 9.52 Å². The summed E-state index contributed by atoms with van der Waals surface area (Å²) in [7, 11) is -3.68. The Hall–Kier alpha value is -2.36. The number of amides is 1. The number of halogens is 1. The zero-order chi connectivity index (χ0) is 21.5. The number of fused-ring (bicyclic) bond motifs is 1. The zero-order valence-electron chi connectivity index (χ0n) is 16.7. The highest BCUT2D eigenvalue weighted by Gasteiger charge is 2.31. The van der Waals surface area contributed by atoms with Gasteiger partial charge in [0.15, 0.2) is 5.13 Å². The van der Waals surface area contributed by atoms with Crippen LogP contribution in [0.25, 0.3) is 10.2 Å². The molecule has 30 heavy (non-hydrogen) atoms. The van der Waals surface area contributed by atoms with Crippen molar-refractivity contribution in [2.75, 3.05) is 11.9 Å². The minimum absolute atomic E-state index is 0.0644. The number of carbonyl (C=O) groups is 1. The van der Waals surface area contributed by atoms with Crippen LogP contribution in [0.2, 0.25) is 0 Å². The highest BCUT2D eigenvalue weighted by molar-refractivity contribution is 7.89. The summed E-state index contributed by atoms with van der Waals surface area (Å²) in [6.45, 7) is 4.15. The quantitative estimate of drug-likeness (QED) is 0.636. The van der Waals surface area contributed by atoms with Crippen LogP contribution in [0.1, 0.15) is 42.1 Å². The van der Waals surface area contributed by atoms with Crippen molar-refractivity contribution < 1.29 is 17.6 Å². The maximum atomic E-state index is 13.4. The first-order valence-electron chi connectivity index (χ1n) is 9.75. The van der Waals surface area contributed by atoms with Crippen LogP contribution < -0.4 is 5.32 Å². The van der Waals surface area contributed by atoms with E-state index in [1.54, 1.807) is 25.1 Å². The summed E-state index contributed by atoms with van der Waals surface area (Å²) < 4.78 is 41.8. The van der Waals surface area contributed by atoms with Crippen LogP contribution >= 0.6 is 11.3 Å². The molecule has 1 aliphatic rings. The van der Waals surface area contributed by atoms with Gasteiger partial charge in [0.05, 0.1) is 15.1 Å². The van der Waals surface area contributed by atoms with Gasteiger partial charge in [0, 0.05) is 18.2 Å². The maximum Gasteiger partial charge on any atom is 0.257 e. The molecule has 1 amide bonds. The lowest BCUT2D eigenvalue weighted by atomic mass is 10.1.